The zero-order valence-corrected chi connectivity index (χ0v) is 21.1. The van der Waals surface area contributed by atoms with E-state index in [4.69, 9.17) is 11.6 Å². The number of nitrogens with one attached hydrogen (secondary N) is 1. The molecule has 0 spiro atoms. The molecule has 1 N–H and O–H groups in total. The van der Waals surface area contributed by atoms with Crippen LogP contribution in [0.4, 0.5) is 0 Å². The Morgan fingerprint density at radius 2 is 1.77 bits per heavy atom. The highest BCUT2D eigenvalue weighted by Crippen LogP contribution is 2.36. The fourth-order valence-electron chi connectivity index (χ4n) is 5.42. The number of fused-ring (bicyclic) bond motifs is 1. The lowest BCUT2D eigenvalue weighted by Crippen LogP contribution is -2.36. The highest BCUT2D eigenvalue weighted by Gasteiger charge is 2.25. The molecule has 35 heavy (non-hydrogen) atoms. The lowest BCUT2D eigenvalue weighted by Gasteiger charge is -2.24. The van der Waals surface area contributed by atoms with Crippen LogP contribution in [-0.2, 0) is 11.3 Å². The van der Waals surface area contributed by atoms with Gasteiger partial charge in [0.25, 0.3) is 0 Å². The Bertz CT molecular complexity index is 1300. The van der Waals surface area contributed by atoms with Gasteiger partial charge in [-0.15, -0.1) is 0 Å². The molecule has 1 unspecified atom stereocenters. The van der Waals surface area contributed by atoms with Crippen molar-refractivity contribution >= 4 is 28.4 Å². The molecule has 4 aromatic rings. The van der Waals surface area contributed by atoms with Crippen LogP contribution in [-0.4, -0.2) is 16.5 Å². The second kappa shape index (κ2) is 10.7. The number of rotatable bonds is 7. The molecule has 1 atom stereocenters. The van der Waals surface area contributed by atoms with Gasteiger partial charge in [-0.3, -0.25) is 4.79 Å². The number of hydrogen-bond donors (Lipinski definition) is 1. The fourth-order valence-corrected chi connectivity index (χ4v) is 5.62. The van der Waals surface area contributed by atoms with Crippen molar-refractivity contribution in [2.75, 3.05) is 0 Å². The maximum absolute atomic E-state index is 13.3. The van der Waals surface area contributed by atoms with Gasteiger partial charge in [0.1, 0.15) is 0 Å². The van der Waals surface area contributed by atoms with Crippen LogP contribution in [0.5, 0.6) is 0 Å². The van der Waals surface area contributed by atoms with Gasteiger partial charge < -0.3 is 9.88 Å². The van der Waals surface area contributed by atoms with Crippen molar-refractivity contribution in [2.24, 2.45) is 0 Å². The first kappa shape index (κ1) is 23.7. The number of para-hydroxylation sites is 1. The number of nitrogens with zero attached hydrogens (tertiary/aromatic N) is 1. The van der Waals surface area contributed by atoms with Gasteiger partial charge in [0.2, 0.25) is 5.91 Å². The molecule has 0 aliphatic heterocycles. The van der Waals surface area contributed by atoms with Crippen molar-refractivity contribution in [1.82, 2.24) is 9.88 Å². The van der Waals surface area contributed by atoms with Crippen molar-refractivity contribution in [1.29, 1.82) is 0 Å². The number of benzene rings is 3. The maximum Gasteiger partial charge on any atom is 0.221 e. The summed E-state index contributed by atoms with van der Waals surface area (Å²) in [6, 6.07) is 25.5. The monoisotopic (exact) mass is 484 g/mol. The minimum atomic E-state index is -0.0681. The molecule has 0 bridgehead atoms. The molecule has 0 saturated heterocycles. The van der Waals surface area contributed by atoms with Gasteiger partial charge in [-0.2, -0.15) is 0 Å². The van der Waals surface area contributed by atoms with Gasteiger partial charge in [0, 0.05) is 47.0 Å². The minimum absolute atomic E-state index is 0.0681. The number of carbonyl (C=O) groups is 1. The third-order valence-electron chi connectivity index (χ3n) is 7.28. The summed E-state index contributed by atoms with van der Waals surface area (Å²) in [6.45, 7) is 2.90. The molecule has 1 saturated carbocycles. The number of hydrogen-bond acceptors (Lipinski definition) is 1. The van der Waals surface area contributed by atoms with Crippen molar-refractivity contribution in [3.63, 3.8) is 0 Å². The van der Waals surface area contributed by atoms with Gasteiger partial charge in [0.15, 0.2) is 0 Å². The molecule has 3 aromatic carbocycles. The molecule has 1 aromatic heterocycles. The Labute approximate surface area is 213 Å². The van der Waals surface area contributed by atoms with E-state index in [1.165, 1.54) is 46.9 Å². The minimum Gasteiger partial charge on any atom is -0.353 e. The zero-order valence-electron chi connectivity index (χ0n) is 20.3. The van der Waals surface area contributed by atoms with Crippen molar-refractivity contribution in [3.8, 4) is 0 Å². The van der Waals surface area contributed by atoms with Gasteiger partial charge in [-0.25, -0.2) is 0 Å². The summed E-state index contributed by atoms with van der Waals surface area (Å²) < 4.78 is 2.31. The first-order chi connectivity index (χ1) is 17.1. The van der Waals surface area contributed by atoms with Crippen molar-refractivity contribution in [2.45, 2.75) is 64.0 Å². The molecular weight excluding hydrogens is 452 g/mol. The summed E-state index contributed by atoms with van der Waals surface area (Å²) in [7, 11) is 0. The van der Waals surface area contributed by atoms with E-state index < -0.39 is 0 Å². The van der Waals surface area contributed by atoms with Crippen molar-refractivity contribution < 1.29 is 4.79 Å². The quantitative estimate of drug-likeness (QED) is 0.287. The Hall–Kier alpha value is -3.04. The van der Waals surface area contributed by atoms with Crippen LogP contribution in [0.2, 0.25) is 5.02 Å². The second-order valence-electron chi connectivity index (χ2n) is 9.93. The zero-order chi connectivity index (χ0) is 24.2. The molecule has 3 nitrogen and oxygen atoms in total. The Morgan fingerprint density at radius 1 is 1.00 bits per heavy atom. The molecular formula is C31H33ClN2O. The van der Waals surface area contributed by atoms with E-state index in [9.17, 15) is 4.79 Å². The normalized spacial score (nSPS) is 15.3. The summed E-state index contributed by atoms with van der Waals surface area (Å²) in [5, 5.41) is 5.21. The summed E-state index contributed by atoms with van der Waals surface area (Å²) in [5.41, 5.74) is 5.96. The van der Waals surface area contributed by atoms with E-state index in [-0.39, 0.29) is 11.8 Å². The standard InChI is InChI=1S/C31H33ClN2O/c1-22-14-16-23(17-15-22)20-34-21-29(27-12-5-6-13-30(27)34)28(24-8-7-9-25(32)18-24)19-31(35)33-26-10-3-2-4-11-26/h5-9,12-18,21,26,28H,2-4,10-11,19-20H2,1H3,(H,33,35). The van der Waals surface area contributed by atoms with Crippen LogP contribution in [0.25, 0.3) is 10.9 Å². The Kier molecular flexibility index (Phi) is 7.24. The summed E-state index contributed by atoms with van der Waals surface area (Å²) in [4.78, 5) is 13.3. The highest BCUT2D eigenvalue weighted by molar-refractivity contribution is 6.30. The molecule has 1 heterocycles. The number of carbonyl (C=O) groups excluding carboxylic acids is 1. The third-order valence-corrected chi connectivity index (χ3v) is 7.51. The van der Waals surface area contributed by atoms with E-state index >= 15 is 0 Å². The van der Waals surface area contributed by atoms with Crippen LogP contribution in [0.15, 0.2) is 79.0 Å². The molecule has 5 rings (SSSR count). The van der Waals surface area contributed by atoms with E-state index in [1.54, 1.807) is 0 Å². The van der Waals surface area contributed by atoms with Crippen LogP contribution < -0.4 is 5.32 Å². The third kappa shape index (κ3) is 5.62. The fraction of sp³-hybridized carbons (Fsp3) is 0.323. The average molecular weight is 485 g/mol. The lowest BCUT2D eigenvalue weighted by molar-refractivity contribution is -0.122. The molecule has 4 heteroatoms. The molecule has 1 fully saturated rings. The first-order valence-electron chi connectivity index (χ1n) is 12.7. The van der Waals surface area contributed by atoms with E-state index in [1.807, 2.05) is 18.2 Å². The Balaban J connectivity index is 1.51. The topological polar surface area (TPSA) is 34.0 Å². The van der Waals surface area contributed by atoms with Crippen LogP contribution in [0.3, 0.4) is 0 Å². The van der Waals surface area contributed by atoms with Crippen LogP contribution in [0.1, 0.15) is 66.7 Å². The molecule has 1 amide bonds. The first-order valence-corrected chi connectivity index (χ1v) is 13.1. The molecule has 180 valence electrons. The van der Waals surface area contributed by atoms with E-state index in [0.29, 0.717) is 17.5 Å². The summed E-state index contributed by atoms with van der Waals surface area (Å²) >= 11 is 6.41. The van der Waals surface area contributed by atoms with Gasteiger partial charge >= 0.3 is 0 Å². The van der Waals surface area contributed by atoms with Gasteiger partial charge in [-0.1, -0.05) is 91.0 Å². The smallest absolute Gasteiger partial charge is 0.221 e. The van der Waals surface area contributed by atoms with Crippen LogP contribution in [0, 0.1) is 6.92 Å². The average Bonchev–Trinajstić information content (AvgIpc) is 3.23. The van der Waals surface area contributed by atoms with Crippen molar-refractivity contribution in [3.05, 3.63) is 106 Å². The number of aryl methyl sites for hydroxylation is 1. The Morgan fingerprint density at radius 3 is 2.54 bits per heavy atom. The molecule has 0 radical (unpaired) electrons. The van der Waals surface area contributed by atoms with E-state index in [0.717, 1.165) is 24.9 Å². The second-order valence-corrected chi connectivity index (χ2v) is 10.4. The maximum atomic E-state index is 13.3. The molecule has 1 aliphatic carbocycles. The van der Waals surface area contributed by atoms with Crippen LogP contribution >= 0.6 is 11.6 Å². The van der Waals surface area contributed by atoms with Gasteiger partial charge in [0.05, 0.1) is 0 Å². The number of halogens is 1. The van der Waals surface area contributed by atoms with E-state index in [2.05, 4.69) is 77.6 Å². The predicted molar refractivity (Wildman–Crippen MR) is 145 cm³/mol. The van der Waals surface area contributed by atoms with Gasteiger partial charge in [-0.05, 0) is 54.7 Å². The number of amides is 1. The summed E-state index contributed by atoms with van der Waals surface area (Å²) in [5.74, 6) is 0.0544. The number of aromatic nitrogens is 1. The highest BCUT2D eigenvalue weighted by atomic mass is 35.5. The lowest BCUT2D eigenvalue weighted by atomic mass is 9.87. The SMILES string of the molecule is Cc1ccc(Cn2cc(C(CC(=O)NC3CCCCC3)c3cccc(Cl)c3)c3ccccc32)cc1. The summed E-state index contributed by atoms with van der Waals surface area (Å²) in [6.07, 6.45) is 8.51. The molecule has 1 aliphatic rings. The largest absolute Gasteiger partial charge is 0.353 e. The predicted octanol–water partition coefficient (Wildman–Crippen LogP) is 7.62.